The zero-order chi connectivity index (χ0) is 19.1. The van der Waals surface area contributed by atoms with Crippen LogP contribution >= 0.6 is 0 Å². The van der Waals surface area contributed by atoms with Crippen LogP contribution in [0, 0.1) is 0 Å². The highest BCUT2D eigenvalue weighted by atomic mass is 16.5. The molecule has 0 saturated heterocycles. The molecule has 0 aliphatic rings. The van der Waals surface area contributed by atoms with Gasteiger partial charge in [-0.25, -0.2) is 0 Å². The van der Waals surface area contributed by atoms with Crippen molar-refractivity contribution < 1.29 is 28.0 Å². The van der Waals surface area contributed by atoms with Gasteiger partial charge in [0.2, 0.25) is 5.89 Å². The number of furan rings is 1. The molecular weight excluding hydrogens is 356 g/mol. The number of hydrogen-bond donors (Lipinski definition) is 2. The zero-order valence-electron chi connectivity index (χ0n) is 13.9. The van der Waals surface area contributed by atoms with E-state index in [1.54, 1.807) is 12.1 Å². The number of nitrogens with one attached hydrogen (secondary N) is 2. The number of carbonyl (C=O) groups excluding carboxylic acids is 3. The average Bonchev–Trinajstić information content (AvgIpc) is 3.37. The molecular formula is C17H14N4O6. The lowest BCUT2D eigenvalue weighted by molar-refractivity contribution is -0.146. The van der Waals surface area contributed by atoms with Gasteiger partial charge in [0.25, 0.3) is 11.8 Å². The van der Waals surface area contributed by atoms with Crippen LogP contribution in [0.2, 0.25) is 0 Å². The number of rotatable bonds is 7. The van der Waals surface area contributed by atoms with Crippen LogP contribution in [0.25, 0.3) is 11.5 Å². The average molecular weight is 370 g/mol. The van der Waals surface area contributed by atoms with Gasteiger partial charge in [-0.05, 0) is 24.3 Å². The van der Waals surface area contributed by atoms with Crippen molar-refractivity contribution in [3.63, 3.8) is 0 Å². The lowest BCUT2D eigenvalue weighted by atomic mass is 10.2. The monoisotopic (exact) mass is 370 g/mol. The largest absolute Gasteiger partial charge is 0.459 e. The molecule has 2 aromatic heterocycles. The van der Waals surface area contributed by atoms with Gasteiger partial charge in [0, 0.05) is 5.56 Å². The van der Waals surface area contributed by atoms with Gasteiger partial charge in [-0.15, -0.1) is 5.10 Å². The molecule has 0 aliphatic heterocycles. The molecule has 0 radical (unpaired) electrons. The number of carbonyl (C=O) groups is 3. The molecule has 0 unspecified atom stereocenters. The van der Waals surface area contributed by atoms with Gasteiger partial charge in [0.15, 0.2) is 12.4 Å². The maximum atomic E-state index is 11.8. The fourth-order valence-electron chi connectivity index (χ4n) is 1.97. The molecule has 3 rings (SSSR count). The molecule has 0 fully saturated rings. The first-order valence-corrected chi connectivity index (χ1v) is 7.78. The third-order valence-electron chi connectivity index (χ3n) is 3.19. The van der Waals surface area contributed by atoms with Gasteiger partial charge in [0.1, 0.15) is 6.54 Å². The van der Waals surface area contributed by atoms with Gasteiger partial charge >= 0.3 is 12.0 Å². The van der Waals surface area contributed by atoms with Crippen molar-refractivity contribution >= 4 is 23.8 Å². The molecule has 27 heavy (non-hydrogen) atoms. The van der Waals surface area contributed by atoms with Gasteiger partial charge in [-0.2, -0.15) is 0 Å². The second-order valence-electron chi connectivity index (χ2n) is 5.15. The van der Waals surface area contributed by atoms with Crippen LogP contribution in [0.4, 0.5) is 6.01 Å². The van der Waals surface area contributed by atoms with Crippen LogP contribution in [0.3, 0.4) is 0 Å². The van der Waals surface area contributed by atoms with Crippen molar-refractivity contribution in [2.24, 2.45) is 0 Å². The lowest BCUT2D eigenvalue weighted by Gasteiger charge is -2.05. The normalized spacial score (nSPS) is 10.2. The molecule has 0 aliphatic carbocycles. The van der Waals surface area contributed by atoms with Gasteiger partial charge in [-0.3, -0.25) is 19.7 Å². The van der Waals surface area contributed by atoms with E-state index in [1.165, 1.54) is 18.4 Å². The summed E-state index contributed by atoms with van der Waals surface area (Å²) >= 11 is 0. The van der Waals surface area contributed by atoms with E-state index >= 15 is 0 Å². The van der Waals surface area contributed by atoms with E-state index in [0.29, 0.717) is 5.56 Å². The Bertz CT molecular complexity index is 920. The second kappa shape index (κ2) is 8.43. The molecule has 10 heteroatoms. The summed E-state index contributed by atoms with van der Waals surface area (Å²) in [5.74, 6) is -1.72. The van der Waals surface area contributed by atoms with Crippen molar-refractivity contribution in [3.8, 4) is 11.5 Å². The Balaban J connectivity index is 1.41. The second-order valence-corrected chi connectivity index (χ2v) is 5.15. The third-order valence-corrected chi connectivity index (χ3v) is 3.19. The number of amides is 2. The lowest BCUT2D eigenvalue weighted by Crippen LogP contribution is -2.32. The molecule has 0 bridgehead atoms. The summed E-state index contributed by atoms with van der Waals surface area (Å²) in [5, 5.41) is 12.1. The van der Waals surface area contributed by atoms with Crippen molar-refractivity contribution in [2.45, 2.75) is 0 Å². The highest BCUT2D eigenvalue weighted by Gasteiger charge is 2.14. The fraction of sp³-hybridized carbons (Fsp3) is 0.118. The standard InChI is InChI=1S/C17H14N4O6/c22-13(10-26-14(23)9-18-15(24)12-7-4-8-25-12)19-17-21-20-16(27-17)11-5-2-1-3-6-11/h1-8H,9-10H2,(H,18,24)(H,19,21,22). The van der Waals surface area contributed by atoms with E-state index in [1.807, 2.05) is 18.2 Å². The Morgan fingerprint density at radius 3 is 2.59 bits per heavy atom. The minimum Gasteiger partial charge on any atom is -0.459 e. The third kappa shape index (κ3) is 5.01. The summed E-state index contributed by atoms with van der Waals surface area (Å²) in [5.41, 5.74) is 0.698. The highest BCUT2D eigenvalue weighted by molar-refractivity contribution is 5.94. The first-order chi connectivity index (χ1) is 13.1. The van der Waals surface area contributed by atoms with E-state index in [-0.39, 0.29) is 17.7 Å². The van der Waals surface area contributed by atoms with E-state index in [9.17, 15) is 14.4 Å². The molecule has 10 nitrogen and oxygen atoms in total. The predicted molar refractivity (Wildman–Crippen MR) is 90.4 cm³/mol. The summed E-state index contributed by atoms with van der Waals surface area (Å²) in [6.07, 6.45) is 1.33. The van der Waals surface area contributed by atoms with E-state index < -0.39 is 30.9 Å². The quantitative estimate of drug-likeness (QED) is 0.593. The van der Waals surface area contributed by atoms with E-state index in [4.69, 9.17) is 13.6 Å². The smallest absolute Gasteiger partial charge is 0.325 e. The maximum Gasteiger partial charge on any atom is 0.325 e. The number of aromatic nitrogens is 2. The molecule has 0 spiro atoms. The van der Waals surface area contributed by atoms with Crippen molar-refractivity contribution in [1.82, 2.24) is 15.5 Å². The number of ether oxygens (including phenoxy) is 1. The fourth-order valence-corrected chi connectivity index (χ4v) is 1.97. The van der Waals surface area contributed by atoms with E-state index in [0.717, 1.165) is 0 Å². The summed E-state index contributed by atoms with van der Waals surface area (Å²) in [7, 11) is 0. The van der Waals surface area contributed by atoms with Crippen LogP contribution in [0.1, 0.15) is 10.6 Å². The topological polar surface area (TPSA) is 137 Å². The molecule has 0 saturated carbocycles. The molecule has 138 valence electrons. The SMILES string of the molecule is O=C(COC(=O)CNC(=O)c1ccco1)Nc1nnc(-c2ccccc2)o1. The summed E-state index contributed by atoms with van der Waals surface area (Å²) in [6, 6.07) is 11.9. The first-order valence-electron chi connectivity index (χ1n) is 7.78. The van der Waals surface area contributed by atoms with Crippen LogP contribution in [-0.2, 0) is 14.3 Å². The minimum absolute atomic E-state index is 0.0613. The number of anilines is 1. The molecule has 3 aromatic rings. The predicted octanol–water partition coefficient (Wildman–Crippen LogP) is 1.24. The Morgan fingerprint density at radius 2 is 1.85 bits per heavy atom. The van der Waals surface area contributed by atoms with Crippen molar-refractivity contribution in [2.75, 3.05) is 18.5 Å². The van der Waals surface area contributed by atoms with E-state index in [2.05, 4.69) is 20.8 Å². The Kier molecular flexibility index (Phi) is 5.57. The zero-order valence-corrected chi connectivity index (χ0v) is 13.9. The molecule has 2 amide bonds. The van der Waals surface area contributed by atoms with Gasteiger partial charge in [-0.1, -0.05) is 23.3 Å². The summed E-state index contributed by atoms with van der Waals surface area (Å²) in [6.45, 7) is -0.982. The molecule has 2 N–H and O–H groups in total. The highest BCUT2D eigenvalue weighted by Crippen LogP contribution is 2.18. The first kappa shape index (κ1) is 17.9. The van der Waals surface area contributed by atoms with Gasteiger partial charge < -0.3 is 18.9 Å². The Hall–Kier alpha value is -3.95. The van der Waals surface area contributed by atoms with Crippen LogP contribution in [0.15, 0.2) is 57.6 Å². The van der Waals surface area contributed by atoms with Crippen LogP contribution in [-0.4, -0.2) is 41.1 Å². The Morgan fingerprint density at radius 1 is 1.04 bits per heavy atom. The van der Waals surface area contributed by atoms with Crippen molar-refractivity contribution in [3.05, 3.63) is 54.5 Å². The summed E-state index contributed by atoms with van der Waals surface area (Å²) < 4.78 is 14.9. The minimum atomic E-state index is -0.791. The number of benzene rings is 1. The van der Waals surface area contributed by atoms with Crippen molar-refractivity contribution in [1.29, 1.82) is 0 Å². The number of esters is 1. The van der Waals surface area contributed by atoms with Crippen LogP contribution in [0.5, 0.6) is 0 Å². The number of hydrogen-bond acceptors (Lipinski definition) is 8. The molecule has 0 atom stereocenters. The summed E-state index contributed by atoms with van der Waals surface area (Å²) in [4.78, 5) is 34.9. The number of nitrogens with zero attached hydrogens (tertiary/aromatic N) is 2. The Labute approximate surface area is 152 Å². The molecule has 1 aromatic carbocycles. The van der Waals surface area contributed by atoms with Gasteiger partial charge in [0.05, 0.1) is 6.26 Å². The van der Waals surface area contributed by atoms with Crippen LogP contribution < -0.4 is 10.6 Å². The maximum absolute atomic E-state index is 11.8. The molecule has 2 heterocycles.